The van der Waals surface area contributed by atoms with E-state index in [2.05, 4.69) is 10.3 Å². The molecule has 1 aromatic carbocycles. The van der Waals surface area contributed by atoms with E-state index < -0.39 is 10.0 Å². The first kappa shape index (κ1) is 17.1. The van der Waals surface area contributed by atoms with Gasteiger partial charge in [0.15, 0.2) is 0 Å². The smallest absolute Gasteiger partial charge is 0.255 e. The molecule has 1 amide bonds. The summed E-state index contributed by atoms with van der Waals surface area (Å²) in [5.41, 5.74) is 0.953. The van der Waals surface area contributed by atoms with E-state index in [1.807, 2.05) is 0 Å². The molecule has 0 spiro atoms. The zero-order valence-corrected chi connectivity index (χ0v) is 14.0. The highest BCUT2D eigenvalue weighted by Gasteiger charge is 2.23. The first-order chi connectivity index (χ1) is 10.8. The fraction of sp³-hybridized carbons (Fsp3) is 0.250. The normalized spacial score (nSPS) is 11.7. The van der Waals surface area contributed by atoms with Crippen LogP contribution in [0.15, 0.2) is 53.7 Å². The molecule has 1 aromatic heterocycles. The third kappa shape index (κ3) is 3.94. The van der Waals surface area contributed by atoms with E-state index in [0.29, 0.717) is 11.3 Å². The fourth-order valence-electron chi connectivity index (χ4n) is 1.86. The van der Waals surface area contributed by atoms with E-state index in [1.165, 1.54) is 41.8 Å². The molecule has 0 bridgehead atoms. The van der Waals surface area contributed by atoms with Gasteiger partial charge in [0.05, 0.1) is 16.8 Å². The number of nitrogens with zero attached hydrogens (tertiary/aromatic N) is 2. The highest BCUT2D eigenvalue weighted by molar-refractivity contribution is 7.89. The maximum absolute atomic E-state index is 12.4. The van der Waals surface area contributed by atoms with Crippen molar-refractivity contribution in [1.29, 1.82) is 0 Å². The lowest BCUT2D eigenvalue weighted by Gasteiger charge is -2.21. The van der Waals surface area contributed by atoms with Gasteiger partial charge in [-0.3, -0.25) is 9.78 Å². The SMILES string of the molecule is CC(C)N(C)S(=O)(=O)c1ccc(C(=O)Nc2cccnc2)cc1. The number of carbonyl (C=O) groups excluding carboxylic acids is 1. The van der Waals surface area contributed by atoms with Gasteiger partial charge in [-0.25, -0.2) is 8.42 Å². The minimum Gasteiger partial charge on any atom is -0.321 e. The summed E-state index contributed by atoms with van der Waals surface area (Å²) in [5.74, 6) is -0.320. The Labute approximate surface area is 136 Å². The van der Waals surface area contributed by atoms with E-state index in [1.54, 1.807) is 32.2 Å². The van der Waals surface area contributed by atoms with Crippen molar-refractivity contribution in [1.82, 2.24) is 9.29 Å². The Hall–Kier alpha value is -2.25. The fourth-order valence-corrected chi connectivity index (χ4v) is 3.23. The summed E-state index contributed by atoms with van der Waals surface area (Å²) < 4.78 is 26.0. The second-order valence-electron chi connectivity index (χ2n) is 5.34. The molecule has 2 aromatic rings. The van der Waals surface area contributed by atoms with Gasteiger partial charge in [0, 0.05) is 24.8 Å². The highest BCUT2D eigenvalue weighted by atomic mass is 32.2. The molecule has 7 heteroatoms. The summed E-state index contributed by atoms with van der Waals surface area (Å²) in [6.07, 6.45) is 3.15. The monoisotopic (exact) mass is 333 g/mol. The molecule has 0 aliphatic carbocycles. The van der Waals surface area contributed by atoms with E-state index >= 15 is 0 Å². The van der Waals surface area contributed by atoms with Gasteiger partial charge in [-0.05, 0) is 50.2 Å². The van der Waals surface area contributed by atoms with Crippen molar-refractivity contribution in [3.63, 3.8) is 0 Å². The van der Waals surface area contributed by atoms with Gasteiger partial charge in [-0.1, -0.05) is 0 Å². The number of rotatable bonds is 5. The first-order valence-electron chi connectivity index (χ1n) is 7.12. The van der Waals surface area contributed by atoms with Crippen LogP contribution in [-0.4, -0.2) is 36.7 Å². The molecule has 1 N–H and O–H groups in total. The maximum atomic E-state index is 12.4. The van der Waals surface area contributed by atoms with Crippen molar-refractivity contribution in [2.75, 3.05) is 12.4 Å². The largest absolute Gasteiger partial charge is 0.321 e. The van der Waals surface area contributed by atoms with E-state index in [9.17, 15) is 13.2 Å². The Morgan fingerprint density at radius 3 is 2.35 bits per heavy atom. The van der Waals surface area contributed by atoms with E-state index in [-0.39, 0.29) is 16.8 Å². The molecule has 0 atom stereocenters. The standard InChI is InChI=1S/C16H19N3O3S/c1-12(2)19(3)23(21,22)15-8-6-13(7-9-15)16(20)18-14-5-4-10-17-11-14/h4-12H,1-3H3,(H,18,20). The van der Waals surface area contributed by atoms with Crippen molar-refractivity contribution < 1.29 is 13.2 Å². The quantitative estimate of drug-likeness (QED) is 0.911. The molecule has 0 radical (unpaired) electrons. The number of nitrogens with one attached hydrogen (secondary N) is 1. The van der Waals surface area contributed by atoms with Gasteiger partial charge < -0.3 is 5.32 Å². The number of benzene rings is 1. The first-order valence-corrected chi connectivity index (χ1v) is 8.56. The number of amides is 1. The van der Waals surface area contributed by atoms with Gasteiger partial charge >= 0.3 is 0 Å². The van der Waals surface area contributed by atoms with Gasteiger partial charge in [0.2, 0.25) is 10.0 Å². The van der Waals surface area contributed by atoms with Crippen LogP contribution in [0.4, 0.5) is 5.69 Å². The van der Waals surface area contributed by atoms with E-state index in [4.69, 9.17) is 0 Å². The summed E-state index contributed by atoms with van der Waals surface area (Å²) in [5, 5.41) is 2.70. The van der Waals surface area contributed by atoms with Crippen LogP contribution in [0.25, 0.3) is 0 Å². The van der Waals surface area contributed by atoms with Crippen molar-refractivity contribution in [2.24, 2.45) is 0 Å². The molecule has 0 aliphatic heterocycles. The average Bonchev–Trinajstić information content (AvgIpc) is 2.55. The summed E-state index contributed by atoms with van der Waals surface area (Å²) in [7, 11) is -2.02. The van der Waals surface area contributed by atoms with Gasteiger partial charge in [0.1, 0.15) is 0 Å². The predicted molar refractivity (Wildman–Crippen MR) is 88.7 cm³/mol. The summed E-state index contributed by atoms with van der Waals surface area (Å²) in [6, 6.07) is 9.15. The van der Waals surface area contributed by atoms with Crippen LogP contribution in [-0.2, 0) is 10.0 Å². The maximum Gasteiger partial charge on any atom is 0.255 e. The molecule has 23 heavy (non-hydrogen) atoms. The average molecular weight is 333 g/mol. The third-order valence-electron chi connectivity index (χ3n) is 3.44. The third-order valence-corrected chi connectivity index (χ3v) is 5.49. The minimum absolute atomic E-state index is 0.145. The Bertz CT molecular complexity index is 772. The van der Waals surface area contributed by atoms with Crippen molar-refractivity contribution in [2.45, 2.75) is 24.8 Å². The van der Waals surface area contributed by atoms with Crippen molar-refractivity contribution in [3.05, 3.63) is 54.4 Å². The van der Waals surface area contributed by atoms with Crippen LogP contribution in [0.2, 0.25) is 0 Å². The lowest BCUT2D eigenvalue weighted by atomic mass is 10.2. The number of aromatic nitrogens is 1. The molecule has 6 nitrogen and oxygen atoms in total. The molecule has 0 saturated carbocycles. The molecule has 0 unspecified atom stereocenters. The molecule has 2 rings (SSSR count). The lowest BCUT2D eigenvalue weighted by molar-refractivity contribution is 0.102. The summed E-state index contributed by atoms with van der Waals surface area (Å²) in [6.45, 7) is 3.60. The second-order valence-corrected chi connectivity index (χ2v) is 7.33. The predicted octanol–water partition coefficient (Wildman–Crippen LogP) is 2.36. The van der Waals surface area contributed by atoms with Crippen molar-refractivity contribution in [3.8, 4) is 0 Å². The highest BCUT2D eigenvalue weighted by Crippen LogP contribution is 2.17. The Morgan fingerprint density at radius 2 is 1.83 bits per heavy atom. The Morgan fingerprint density at radius 1 is 1.17 bits per heavy atom. The van der Waals surface area contributed by atoms with Crippen LogP contribution in [0.3, 0.4) is 0 Å². The number of pyridine rings is 1. The Kier molecular flexibility index (Phi) is 5.12. The summed E-state index contributed by atoms with van der Waals surface area (Å²) in [4.78, 5) is 16.2. The topological polar surface area (TPSA) is 79.4 Å². The van der Waals surface area contributed by atoms with Gasteiger partial charge in [-0.2, -0.15) is 4.31 Å². The number of hydrogen-bond acceptors (Lipinski definition) is 4. The molecule has 1 heterocycles. The Balaban J connectivity index is 2.18. The molecule has 122 valence electrons. The molecular formula is C16H19N3O3S. The van der Waals surface area contributed by atoms with Crippen LogP contribution in [0, 0.1) is 0 Å². The van der Waals surface area contributed by atoms with Crippen LogP contribution < -0.4 is 5.32 Å². The second kappa shape index (κ2) is 6.89. The van der Waals surface area contributed by atoms with Crippen LogP contribution in [0.5, 0.6) is 0 Å². The van der Waals surface area contributed by atoms with Gasteiger partial charge in [-0.15, -0.1) is 0 Å². The molecular weight excluding hydrogens is 314 g/mol. The van der Waals surface area contributed by atoms with Crippen LogP contribution >= 0.6 is 0 Å². The number of anilines is 1. The van der Waals surface area contributed by atoms with Crippen molar-refractivity contribution >= 4 is 21.6 Å². The van der Waals surface area contributed by atoms with E-state index in [0.717, 1.165) is 0 Å². The molecule has 0 saturated heterocycles. The lowest BCUT2D eigenvalue weighted by Crippen LogP contribution is -2.33. The summed E-state index contributed by atoms with van der Waals surface area (Å²) >= 11 is 0. The van der Waals surface area contributed by atoms with Gasteiger partial charge in [0.25, 0.3) is 5.91 Å². The molecule has 0 fully saturated rings. The number of carbonyl (C=O) groups is 1. The molecule has 0 aliphatic rings. The zero-order valence-electron chi connectivity index (χ0n) is 13.2. The minimum atomic E-state index is -3.55. The number of sulfonamides is 1. The number of hydrogen-bond donors (Lipinski definition) is 1. The van der Waals surface area contributed by atoms with Crippen LogP contribution in [0.1, 0.15) is 24.2 Å². The zero-order chi connectivity index (χ0) is 17.0.